The predicted molar refractivity (Wildman–Crippen MR) is 51.1 cm³/mol. The summed E-state index contributed by atoms with van der Waals surface area (Å²) < 4.78 is 3.27. The number of halogens is 1. The fraction of sp³-hybridized carbons (Fsp3) is 0.625. The average Bonchev–Trinajstić information content (AvgIpc) is 2.53. The Hall–Kier alpha value is -0.350. The lowest BCUT2D eigenvalue weighted by Gasteiger charge is -2.24. The first-order valence-corrected chi connectivity index (χ1v) is 5.05. The van der Waals surface area contributed by atoms with Crippen LogP contribution in [0, 0.1) is 0 Å². The van der Waals surface area contributed by atoms with E-state index in [2.05, 4.69) is 30.8 Å². The van der Waals surface area contributed by atoms with Crippen molar-refractivity contribution in [3.8, 4) is 0 Å². The topological polar surface area (TPSA) is 29.9 Å². The van der Waals surface area contributed by atoms with Crippen molar-refractivity contribution in [3.05, 3.63) is 17.1 Å². The molecular formula is C8H12BrN3. The van der Waals surface area contributed by atoms with Crippen molar-refractivity contribution < 1.29 is 0 Å². The van der Waals surface area contributed by atoms with Gasteiger partial charge in [0.2, 0.25) is 0 Å². The van der Waals surface area contributed by atoms with Crippen molar-refractivity contribution in [2.75, 3.05) is 13.1 Å². The van der Waals surface area contributed by atoms with E-state index >= 15 is 0 Å². The van der Waals surface area contributed by atoms with Crippen LogP contribution in [0.15, 0.2) is 17.1 Å². The molecule has 0 bridgehead atoms. The summed E-state index contributed by atoms with van der Waals surface area (Å²) in [5, 5.41) is 3.38. The van der Waals surface area contributed by atoms with Crippen LogP contribution in [-0.4, -0.2) is 22.6 Å². The molecule has 2 rings (SSSR count). The summed E-state index contributed by atoms with van der Waals surface area (Å²) in [6.45, 7) is 2.22. The second-order valence-electron chi connectivity index (χ2n) is 3.12. The van der Waals surface area contributed by atoms with Crippen molar-refractivity contribution >= 4 is 15.9 Å². The third-order valence-electron chi connectivity index (χ3n) is 2.28. The molecule has 0 spiro atoms. The van der Waals surface area contributed by atoms with Gasteiger partial charge in [0.05, 0.1) is 12.5 Å². The number of rotatable bonds is 1. The van der Waals surface area contributed by atoms with E-state index in [-0.39, 0.29) is 0 Å². The number of piperidine rings is 1. The van der Waals surface area contributed by atoms with Crippen molar-refractivity contribution in [2.45, 2.75) is 18.9 Å². The van der Waals surface area contributed by atoms with Crippen LogP contribution in [0.5, 0.6) is 0 Å². The lowest BCUT2D eigenvalue weighted by Crippen LogP contribution is -2.31. The summed E-state index contributed by atoms with van der Waals surface area (Å²) in [4.78, 5) is 4.09. The van der Waals surface area contributed by atoms with E-state index in [1.165, 1.54) is 12.8 Å². The smallest absolute Gasteiger partial charge is 0.105 e. The molecule has 1 atom stereocenters. The van der Waals surface area contributed by atoms with Crippen molar-refractivity contribution in [1.82, 2.24) is 14.9 Å². The Morgan fingerprint density at radius 2 is 2.58 bits per heavy atom. The third kappa shape index (κ3) is 1.54. The van der Waals surface area contributed by atoms with E-state index in [4.69, 9.17) is 0 Å². The first kappa shape index (κ1) is 8.26. The largest absolute Gasteiger partial charge is 0.321 e. The fourth-order valence-electron chi connectivity index (χ4n) is 1.63. The highest BCUT2D eigenvalue weighted by atomic mass is 79.9. The molecule has 1 aliphatic heterocycles. The molecule has 4 heteroatoms. The standard InChI is InChI=1S/C8H12BrN3/c9-8-5-11-6-12(8)7-2-1-3-10-4-7/h5-7,10H,1-4H2. The van der Waals surface area contributed by atoms with Gasteiger partial charge in [-0.25, -0.2) is 4.98 Å². The van der Waals surface area contributed by atoms with E-state index in [1.807, 2.05) is 12.5 Å². The second kappa shape index (κ2) is 3.58. The Morgan fingerprint density at radius 3 is 3.17 bits per heavy atom. The molecule has 1 N–H and O–H groups in total. The van der Waals surface area contributed by atoms with Crippen molar-refractivity contribution in [1.29, 1.82) is 0 Å². The molecule has 1 fully saturated rings. The van der Waals surface area contributed by atoms with E-state index in [0.717, 1.165) is 17.7 Å². The Balaban J connectivity index is 2.13. The van der Waals surface area contributed by atoms with Crippen LogP contribution < -0.4 is 5.32 Å². The van der Waals surface area contributed by atoms with Gasteiger partial charge in [-0.15, -0.1) is 0 Å². The maximum absolute atomic E-state index is 4.09. The minimum absolute atomic E-state index is 0.579. The fourth-order valence-corrected chi connectivity index (χ4v) is 2.13. The van der Waals surface area contributed by atoms with Crippen LogP contribution in [0.25, 0.3) is 0 Å². The minimum Gasteiger partial charge on any atom is -0.321 e. The molecular weight excluding hydrogens is 218 g/mol. The molecule has 1 saturated heterocycles. The quantitative estimate of drug-likeness (QED) is 0.793. The molecule has 1 aromatic heterocycles. The monoisotopic (exact) mass is 229 g/mol. The van der Waals surface area contributed by atoms with Crippen LogP contribution in [0.1, 0.15) is 18.9 Å². The maximum atomic E-state index is 4.09. The van der Waals surface area contributed by atoms with Gasteiger partial charge in [-0.3, -0.25) is 0 Å². The van der Waals surface area contributed by atoms with Gasteiger partial charge < -0.3 is 9.88 Å². The summed E-state index contributed by atoms with van der Waals surface area (Å²) in [5.41, 5.74) is 0. The van der Waals surface area contributed by atoms with Gasteiger partial charge in [-0.2, -0.15) is 0 Å². The second-order valence-corrected chi connectivity index (χ2v) is 3.94. The molecule has 0 saturated carbocycles. The molecule has 1 aliphatic rings. The van der Waals surface area contributed by atoms with E-state index in [0.29, 0.717) is 6.04 Å². The number of nitrogens with zero attached hydrogens (tertiary/aromatic N) is 2. The van der Waals surface area contributed by atoms with E-state index in [9.17, 15) is 0 Å². The summed E-state index contributed by atoms with van der Waals surface area (Å²) >= 11 is 3.47. The molecule has 12 heavy (non-hydrogen) atoms. The first-order chi connectivity index (χ1) is 5.88. The Morgan fingerprint density at radius 1 is 1.67 bits per heavy atom. The van der Waals surface area contributed by atoms with E-state index in [1.54, 1.807) is 0 Å². The summed E-state index contributed by atoms with van der Waals surface area (Å²) in [6, 6.07) is 0.579. The molecule has 0 aromatic carbocycles. The van der Waals surface area contributed by atoms with Crippen LogP contribution in [0.4, 0.5) is 0 Å². The number of imidazole rings is 1. The van der Waals surface area contributed by atoms with Gasteiger partial charge in [0, 0.05) is 12.6 Å². The van der Waals surface area contributed by atoms with Gasteiger partial charge >= 0.3 is 0 Å². The lowest BCUT2D eigenvalue weighted by molar-refractivity contribution is 0.367. The molecule has 0 aliphatic carbocycles. The number of aromatic nitrogens is 2. The van der Waals surface area contributed by atoms with Gasteiger partial charge in [0.1, 0.15) is 4.60 Å². The molecule has 1 unspecified atom stereocenters. The van der Waals surface area contributed by atoms with Crippen LogP contribution in [-0.2, 0) is 0 Å². The zero-order valence-electron chi connectivity index (χ0n) is 6.83. The average molecular weight is 230 g/mol. The van der Waals surface area contributed by atoms with Crippen molar-refractivity contribution in [2.24, 2.45) is 0 Å². The van der Waals surface area contributed by atoms with Crippen molar-refractivity contribution in [3.63, 3.8) is 0 Å². The summed E-state index contributed by atoms with van der Waals surface area (Å²) in [7, 11) is 0. The van der Waals surface area contributed by atoms with Gasteiger partial charge in [-0.1, -0.05) is 0 Å². The molecule has 1 aromatic rings. The maximum Gasteiger partial charge on any atom is 0.105 e. The Bertz CT molecular complexity index is 253. The molecule has 0 amide bonds. The SMILES string of the molecule is Brc1cncn1C1CCCNC1. The Kier molecular flexibility index (Phi) is 2.46. The first-order valence-electron chi connectivity index (χ1n) is 4.26. The van der Waals surface area contributed by atoms with Gasteiger partial charge in [0.25, 0.3) is 0 Å². The molecule has 2 heterocycles. The molecule has 3 nitrogen and oxygen atoms in total. The number of nitrogens with one attached hydrogen (secondary N) is 1. The highest BCUT2D eigenvalue weighted by Crippen LogP contribution is 2.21. The summed E-state index contributed by atoms with van der Waals surface area (Å²) in [6.07, 6.45) is 6.24. The highest BCUT2D eigenvalue weighted by Gasteiger charge is 2.15. The zero-order chi connectivity index (χ0) is 8.39. The highest BCUT2D eigenvalue weighted by molar-refractivity contribution is 9.10. The van der Waals surface area contributed by atoms with Crippen LogP contribution in [0.2, 0.25) is 0 Å². The van der Waals surface area contributed by atoms with E-state index < -0.39 is 0 Å². The molecule has 66 valence electrons. The van der Waals surface area contributed by atoms with Gasteiger partial charge in [-0.05, 0) is 35.3 Å². The Labute approximate surface area is 80.3 Å². The number of hydrogen-bond acceptors (Lipinski definition) is 2. The molecule has 0 radical (unpaired) electrons. The predicted octanol–water partition coefficient (Wildman–Crippen LogP) is 1.57. The number of hydrogen-bond donors (Lipinski definition) is 1. The van der Waals surface area contributed by atoms with Crippen LogP contribution >= 0.6 is 15.9 Å². The summed E-state index contributed by atoms with van der Waals surface area (Å²) in [5.74, 6) is 0. The normalized spacial score (nSPS) is 24.2. The minimum atomic E-state index is 0.579. The third-order valence-corrected chi connectivity index (χ3v) is 2.90. The lowest BCUT2D eigenvalue weighted by atomic mass is 10.1. The van der Waals surface area contributed by atoms with Gasteiger partial charge in [0.15, 0.2) is 0 Å². The van der Waals surface area contributed by atoms with Crippen LogP contribution in [0.3, 0.4) is 0 Å². The zero-order valence-corrected chi connectivity index (χ0v) is 8.42.